The molecule has 88 valence electrons. The number of amides is 1. The van der Waals surface area contributed by atoms with Gasteiger partial charge in [0.2, 0.25) is 0 Å². The summed E-state index contributed by atoms with van der Waals surface area (Å²) >= 11 is 1.56. The number of hydrogen-bond donors (Lipinski definition) is 0. The number of fused-ring (bicyclic) bond motifs is 1. The van der Waals surface area contributed by atoms with Gasteiger partial charge in [0.05, 0.1) is 23.7 Å². The van der Waals surface area contributed by atoms with Crippen LogP contribution in [-0.2, 0) is 13.1 Å². The van der Waals surface area contributed by atoms with Crippen molar-refractivity contribution in [2.24, 2.45) is 0 Å². The number of hydrogen-bond acceptors (Lipinski definition) is 3. The molecule has 0 atom stereocenters. The number of thiophene rings is 1. The molecule has 0 aromatic carbocycles. The molecule has 0 aliphatic carbocycles. The molecule has 1 aliphatic heterocycles. The zero-order chi connectivity index (χ0) is 11.8. The quantitative estimate of drug-likeness (QED) is 0.772. The highest BCUT2D eigenvalue weighted by Crippen LogP contribution is 2.20. The van der Waals surface area contributed by atoms with Crippen molar-refractivity contribution in [2.75, 3.05) is 6.54 Å². The van der Waals surface area contributed by atoms with E-state index in [4.69, 9.17) is 0 Å². The van der Waals surface area contributed by atoms with E-state index < -0.39 is 0 Å². The van der Waals surface area contributed by atoms with Gasteiger partial charge in [-0.1, -0.05) is 0 Å². The van der Waals surface area contributed by atoms with Crippen molar-refractivity contribution in [3.8, 4) is 0 Å². The molecule has 2 aromatic rings. The number of carbonyl (C=O) groups is 1. The maximum atomic E-state index is 12.3. The van der Waals surface area contributed by atoms with Crippen LogP contribution in [0.1, 0.15) is 20.2 Å². The molecule has 0 fully saturated rings. The van der Waals surface area contributed by atoms with Crippen LogP contribution in [0.25, 0.3) is 0 Å². The minimum Gasteiger partial charge on any atom is -0.330 e. The molecular formula is C12H13N3OS. The van der Waals surface area contributed by atoms with Crippen molar-refractivity contribution in [3.05, 3.63) is 39.8 Å². The number of aromatic nitrogens is 2. The van der Waals surface area contributed by atoms with E-state index in [0.717, 1.165) is 23.7 Å². The fraction of sp³-hybridized carbons (Fsp3) is 0.333. The van der Waals surface area contributed by atoms with Crippen LogP contribution in [0.2, 0.25) is 0 Å². The summed E-state index contributed by atoms with van der Waals surface area (Å²) in [6.07, 6.45) is 1.79. The van der Waals surface area contributed by atoms with Gasteiger partial charge in [-0.05, 0) is 25.1 Å². The number of rotatable bonds is 1. The normalized spacial score (nSPS) is 14.8. The minimum absolute atomic E-state index is 0.135. The van der Waals surface area contributed by atoms with Crippen molar-refractivity contribution >= 4 is 17.2 Å². The summed E-state index contributed by atoms with van der Waals surface area (Å²) in [5.41, 5.74) is 1.11. The highest BCUT2D eigenvalue weighted by atomic mass is 32.1. The Morgan fingerprint density at radius 1 is 1.35 bits per heavy atom. The fourth-order valence-corrected chi connectivity index (χ4v) is 2.90. The minimum atomic E-state index is 0.135. The van der Waals surface area contributed by atoms with Gasteiger partial charge in [-0.2, -0.15) is 5.10 Å². The van der Waals surface area contributed by atoms with Gasteiger partial charge >= 0.3 is 0 Å². The number of nitrogens with zero attached hydrogens (tertiary/aromatic N) is 3. The summed E-state index contributed by atoms with van der Waals surface area (Å²) in [7, 11) is 0. The van der Waals surface area contributed by atoms with Crippen LogP contribution in [0, 0.1) is 6.92 Å². The molecule has 17 heavy (non-hydrogen) atoms. The van der Waals surface area contributed by atoms with E-state index in [1.54, 1.807) is 17.5 Å². The smallest absolute Gasteiger partial charge is 0.264 e. The van der Waals surface area contributed by atoms with Crippen LogP contribution >= 0.6 is 11.3 Å². The first-order chi connectivity index (χ1) is 8.24. The molecule has 1 amide bonds. The second kappa shape index (κ2) is 4.00. The molecule has 5 heteroatoms. The summed E-state index contributed by atoms with van der Waals surface area (Å²) in [6, 6.07) is 5.87. The lowest BCUT2D eigenvalue weighted by atomic mass is 10.3. The SMILES string of the molecule is Cc1ccc(C(=O)N2CCn3nccc3C2)s1. The summed E-state index contributed by atoms with van der Waals surface area (Å²) in [5.74, 6) is 0.135. The number of aryl methyl sites for hydroxylation is 1. The molecular weight excluding hydrogens is 234 g/mol. The largest absolute Gasteiger partial charge is 0.330 e. The summed E-state index contributed by atoms with van der Waals surface area (Å²) in [5, 5.41) is 4.21. The van der Waals surface area contributed by atoms with Gasteiger partial charge in [0.1, 0.15) is 0 Å². The van der Waals surface area contributed by atoms with Crippen molar-refractivity contribution in [1.29, 1.82) is 0 Å². The van der Waals surface area contributed by atoms with Crippen molar-refractivity contribution in [3.63, 3.8) is 0 Å². The first-order valence-electron chi connectivity index (χ1n) is 5.60. The molecule has 0 radical (unpaired) electrons. The molecule has 3 rings (SSSR count). The first-order valence-corrected chi connectivity index (χ1v) is 6.42. The van der Waals surface area contributed by atoms with E-state index in [1.165, 1.54) is 4.88 Å². The van der Waals surface area contributed by atoms with E-state index in [2.05, 4.69) is 5.10 Å². The average molecular weight is 247 g/mol. The highest BCUT2D eigenvalue weighted by Gasteiger charge is 2.22. The van der Waals surface area contributed by atoms with Gasteiger partial charge < -0.3 is 4.90 Å². The van der Waals surface area contributed by atoms with Gasteiger partial charge in [0, 0.05) is 17.6 Å². The Morgan fingerprint density at radius 3 is 3.00 bits per heavy atom. The van der Waals surface area contributed by atoms with Gasteiger partial charge in [-0.15, -0.1) is 11.3 Å². The third kappa shape index (κ3) is 1.86. The van der Waals surface area contributed by atoms with E-state index in [0.29, 0.717) is 6.54 Å². The standard InChI is InChI=1S/C12H13N3OS/c1-9-2-3-11(17-9)12(16)14-6-7-15-10(8-14)4-5-13-15/h2-5H,6-8H2,1H3. The second-order valence-electron chi connectivity index (χ2n) is 4.18. The van der Waals surface area contributed by atoms with Gasteiger partial charge in [0.15, 0.2) is 0 Å². The van der Waals surface area contributed by atoms with Crippen LogP contribution in [0.4, 0.5) is 0 Å². The Labute approximate surface area is 103 Å². The molecule has 0 saturated heterocycles. The third-order valence-electron chi connectivity index (χ3n) is 2.98. The summed E-state index contributed by atoms with van der Waals surface area (Å²) in [6.45, 7) is 4.21. The van der Waals surface area contributed by atoms with Crippen LogP contribution in [-0.4, -0.2) is 27.1 Å². The predicted molar refractivity (Wildman–Crippen MR) is 66.0 cm³/mol. The van der Waals surface area contributed by atoms with Crippen LogP contribution in [0.3, 0.4) is 0 Å². The molecule has 0 bridgehead atoms. The Hall–Kier alpha value is -1.62. The highest BCUT2D eigenvalue weighted by molar-refractivity contribution is 7.13. The zero-order valence-corrected chi connectivity index (χ0v) is 10.4. The third-order valence-corrected chi connectivity index (χ3v) is 3.97. The molecule has 0 spiro atoms. The second-order valence-corrected chi connectivity index (χ2v) is 5.47. The topological polar surface area (TPSA) is 38.1 Å². The Balaban J connectivity index is 1.81. The monoisotopic (exact) mass is 247 g/mol. The van der Waals surface area contributed by atoms with Crippen LogP contribution < -0.4 is 0 Å². The molecule has 3 heterocycles. The maximum absolute atomic E-state index is 12.3. The predicted octanol–water partition coefficient (Wildman–Crippen LogP) is 1.91. The van der Waals surface area contributed by atoms with Gasteiger partial charge in [-0.3, -0.25) is 9.48 Å². The van der Waals surface area contributed by atoms with E-state index in [9.17, 15) is 4.79 Å². The number of carbonyl (C=O) groups excluding carboxylic acids is 1. The van der Waals surface area contributed by atoms with Gasteiger partial charge in [0.25, 0.3) is 5.91 Å². The fourth-order valence-electron chi connectivity index (χ4n) is 2.06. The summed E-state index contributed by atoms with van der Waals surface area (Å²) < 4.78 is 1.96. The van der Waals surface area contributed by atoms with E-state index in [1.807, 2.05) is 34.7 Å². The van der Waals surface area contributed by atoms with E-state index >= 15 is 0 Å². The first kappa shape index (κ1) is 10.5. The van der Waals surface area contributed by atoms with E-state index in [-0.39, 0.29) is 5.91 Å². The summed E-state index contributed by atoms with van der Waals surface area (Å²) in [4.78, 5) is 16.1. The molecule has 2 aromatic heterocycles. The molecule has 0 N–H and O–H groups in total. The molecule has 1 aliphatic rings. The lowest BCUT2D eigenvalue weighted by Crippen LogP contribution is -2.38. The van der Waals surface area contributed by atoms with Crippen molar-refractivity contribution in [2.45, 2.75) is 20.0 Å². The Kier molecular flexibility index (Phi) is 2.48. The zero-order valence-electron chi connectivity index (χ0n) is 9.59. The average Bonchev–Trinajstić information content (AvgIpc) is 2.95. The van der Waals surface area contributed by atoms with Crippen molar-refractivity contribution in [1.82, 2.24) is 14.7 Å². The molecule has 0 saturated carbocycles. The van der Waals surface area contributed by atoms with Gasteiger partial charge in [-0.25, -0.2) is 0 Å². The maximum Gasteiger partial charge on any atom is 0.264 e. The lowest BCUT2D eigenvalue weighted by Gasteiger charge is -2.27. The molecule has 4 nitrogen and oxygen atoms in total. The molecule has 0 unspecified atom stereocenters. The lowest BCUT2D eigenvalue weighted by molar-refractivity contribution is 0.0711. The van der Waals surface area contributed by atoms with Crippen LogP contribution in [0.15, 0.2) is 24.4 Å². The van der Waals surface area contributed by atoms with Crippen molar-refractivity contribution < 1.29 is 4.79 Å². The Bertz CT molecular complexity index is 558. The Morgan fingerprint density at radius 2 is 2.24 bits per heavy atom. The van der Waals surface area contributed by atoms with Crippen LogP contribution in [0.5, 0.6) is 0 Å².